The molecule has 1 unspecified atom stereocenters. The van der Waals surface area contributed by atoms with Gasteiger partial charge >= 0.3 is 0 Å². The summed E-state index contributed by atoms with van der Waals surface area (Å²) in [6, 6.07) is 0. The van der Waals surface area contributed by atoms with Crippen LogP contribution in [0.4, 0.5) is 0 Å². The van der Waals surface area contributed by atoms with Gasteiger partial charge in [0.1, 0.15) is 0 Å². The quantitative estimate of drug-likeness (QED) is 0.788. The molecule has 0 radical (unpaired) electrons. The Balaban J connectivity index is 1.86. The SMILES string of the molecule is Cc1[nH]nc(C(=O)NCC2COCCO2)c1C. The van der Waals surface area contributed by atoms with Crippen LogP contribution in [-0.2, 0) is 9.47 Å². The van der Waals surface area contributed by atoms with Crippen molar-refractivity contribution in [2.75, 3.05) is 26.4 Å². The summed E-state index contributed by atoms with van der Waals surface area (Å²) < 4.78 is 10.7. The van der Waals surface area contributed by atoms with Crippen molar-refractivity contribution < 1.29 is 14.3 Å². The van der Waals surface area contributed by atoms with Crippen LogP contribution in [0.5, 0.6) is 0 Å². The lowest BCUT2D eigenvalue weighted by molar-refractivity contribution is -0.0855. The van der Waals surface area contributed by atoms with Crippen LogP contribution in [0.2, 0.25) is 0 Å². The summed E-state index contributed by atoms with van der Waals surface area (Å²) in [5.74, 6) is -0.180. The second-order valence-electron chi connectivity index (χ2n) is 4.10. The number of rotatable bonds is 3. The van der Waals surface area contributed by atoms with Gasteiger partial charge in [-0.15, -0.1) is 0 Å². The molecule has 0 aliphatic carbocycles. The number of aryl methyl sites for hydroxylation is 1. The minimum absolute atomic E-state index is 0.0620. The monoisotopic (exact) mass is 239 g/mol. The smallest absolute Gasteiger partial charge is 0.272 e. The predicted octanol–water partition coefficient (Wildman–Crippen LogP) is 0.172. The van der Waals surface area contributed by atoms with E-state index >= 15 is 0 Å². The van der Waals surface area contributed by atoms with E-state index in [1.165, 1.54) is 0 Å². The summed E-state index contributed by atoms with van der Waals surface area (Å²) in [7, 11) is 0. The van der Waals surface area contributed by atoms with Crippen molar-refractivity contribution in [2.45, 2.75) is 20.0 Å². The van der Waals surface area contributed by atoms with Gasteiger partial charge in [-0.3, -0.25) is 9.89 Å². The zero-order valence-electron chi connectivity index (χ0n) is 10.1. The number of carbonyl (C=O) groups excluding carboxylic acids is 1. The molecule has 1 amide bonds. The average molecular weight is 239 g/mol. The van der Waals surface area contributed by atoms with E-state index in [1.54, 1.807) is 0 Å². The highest BCUT2D eigenvalue weighted by molar-refractivity contribution is 5.93. The van der Waals surface area contributed by atoms with Crippen molar-refractivity contribution in [1.29, 1.82) is 0 Å². The van der Waals surface area contributed by atoms with Gasteiger partial charge in [-0.2, -0.15) is 5.10 Å². The van der Waals surface area contributed by atoms with Gasteiger partial charge in [0.05, 0.1) is 25.9 Å². The maximum atomic E-state index is 11.8. The average Bonchev–Trinajstić information content (AvgIpc) is 2.69. The van der Waals surface area contributed by atoms with Crippen LogP contribution in [0.1, 0.15) is 21.7 Å². The second-order valence-corrected chi connectivity index (χ2v) is 4.10. The maximum Gasteiger partial charge on any atom is 0.272 e. The van der Waals surface area contributed by atoms with Crippen molar-refractivity contribution in [3.05, 3.63) is 17.0 Å². The number of nitrogens with one attached hydrogen (secondary N) is 2. The van der Waals surface area contributed by atoms with E-state index in [4.69, 9.17) is 9.47 Å². The highest BCUT2D eigenvalue weighted by atomic mass is 16.6. The van der Waals surface area contributed by atoms with Gasteiger partial charge in [-0.25, -0.2) is 0 Å². The van der Waals surface area contributed by atoms with E-state index < -0.39 is 0 Å². The molecule has 1 atom stereocenters. The third-order valence-corrected chi connectivity index (χ3v) is 2.84. The molecule has 0 bridgehead atoms. The minimum Gasteiger partial charge on any atom is -0.376 e. The van der Waals surface area contributed by atoms with E-state index in [-0.39, 0.29) is 12.0 Å². The zero-order chi connectivity index (χ0) is 12.3. The molecular formula is C11H17N3O3. The molecule has 94 valence electrons. The number of ether oxygens (including phenoxy) is 2. The van der Waals surface area contributed by atoms with Crippen molar-refractivity contribution in [1.82, 2.24) is 15.5 Å². The van der Waals surface area contributed by atoms with Crippen molar-refractivity contribution in [3.8, 4) is 0 Å². The van der Waals surface area contributed by atoms with Crippen LogP contribution in [0.3, 0.4) is 0 Å². The van der Waals surface area contributed by atoms with Crippen LogP contribution in [-0.4, -0.2) is 48.6 Å². The Morgan fingerprint density at radius 2 is 2.35 bits per heavy atom. The fraction of sp³-hybridized carbons (Fsp3) is 0.636. The minimum atomic E-state index is -0.180. The molecule has 1 aromatic rings. The normalized spacial score (nSPS) is 20.2. The van der Waals surface area contributed by atoms with Gasteiger partial charge in [0, 0.05) is 17.8 Å². The Kier molecular flexibility index (Phi) is 3.75. The molecular weight excluding hydrogens is 222 g/mol. The van der Waals surface area contributed by atoms with E-state index in [0.717, 1.165) is 11.3 Å². The maximum absolute atomic E-state index is 11.8. The Morgan fingerprint density at radius 1 is 1.53 bits per heavy atom. The first-order chi connectivity index (χ1) is 8.18. The molecule has 1 aliphatic rings. The molecule has 6 nitrogen and oxygen atoms in total. The molecule has 6 heteroatoms. The largest absolute Gasteiger partial charge is 0.376 e. The zero-order valence-corrected chi connectivity index (χ0v) is 10.1. The molecule has 2 heterocycles. The van der Waals surface area contributed by atoms with Crippen LogP contribution in [0, 0.1) is 13.8 Å². The molecule has 2 N–H and O–H groups in total. The summed E-state index contributed by atoms with van der Waals surface area (Å²) in [4.78, 5) is 11.8. The Labute approximate surface area is 99.7 Å². The Morgan fingerprint density at radius 3 is 2.94 bits per heavy atom. The second kappa shape index (κ2) is 5.29. The summed E-state index contributed by atoms with van der Waals surface area (Å²) in [5.41, 5.74) is 2.23. The third kappa shape index (κ3) is 2.83. The van der Waals surface area contributed by atoms with Crippen molar-refractivity contribution >= 4 is 5.91 Å². The fourth-order valence-corrected chi connectivity index (χ4v) is 1.65. The predicted molar refractivity (Wildman–Crippen MR) is 61.0 cm³/mol. The van der Waals surface area contributed by atoms with Gasteiger partial charge < -0.3 is 14.8 Å². The number of aromatic amines is 1. The van der Waals surface area contributed by atoms with E-state index in [9.17, 15) is 4.79 Å². The lowest BCUT2D eigenvalue weighted by atomic mass is 10.2. The van der Waals surface area contributed by atoms with Gasteiger partial charge in [-0.1, -0.05) is 0 Å². The van der Waals surface area contributed by atoms with Crippen LogP contribution < -0.4 is 5.32 Å². The van der Waals surface area contributed by atoms with Crippen LogP contribution in [0.25, 0.3) is 0 Å². The summed E-state index contributed by atoms with van der Waals surface area (Å²) >= 11 is 0. The highest BCUT2D eigenvalue weighted by Crippen LogP contribution is 2.08. The Hall–Kier alpha value is -1.40. The number of hydrogen-bond acceptors (Lipinski definition) is 4. The first-order valence-electron chi connectivity index (χ1n) is 5.67. The number of carbonyl (C=O) groups is 1. The molecule has 2 rings (SSSR count). The lowest BCUT2D eigenvalue weighted by Gasteiger charge is -2.22. The number of nitrogens with zero attached hydrogens (tertiary/aromatic N) is 1. The van der Waals surface area contributed by atoms with Gasteiger partial charge in [-0.05, 0) is 13.8 Å². The number of H-pyrrole nitrogens is 1. The van der Waals surface area contributed by atoms with E-state index in [2.05, 4.69) is 15.5 Å². The van der Waals surface area contributed by atoms with E-state index in [1.807, 2.05) is 13.8 Å². The van der Waals surface area contributed by atoms with E-state index in [0.29, 0.717) is 32.1 Å². The van der Waals surface area contributed by atoms with Crippen molar-refractivity contribution in [3.63, 3.8) is 0 Å². The van der Waals surface area contributed by atoms with Gasteiger partial charge in [0.15, 0.2) is 5.69 Å². The molecule has 0 saturated carbocycles. The molecule has 1 aromatic heterocycles. The number of hydrogen-bond donors (Lipinski definition) is 2. The molecule has 1 aliphatic heterocycles. The fourth-order valence-electron chi connectivity index (χ4n) is 1.65. The highest BCUT2D eigenvalue weighted by Gasteiger charge is 2.18. The first-order valence-corrected chi connectivity index (χ1v) is 5.67. The first kappa shape index (κ1) is 12.1. The summed E-state index contributed by atoms with van der Waals surface area (Å²) in [6.07, 6.45) is -0.0620. The van der Waals surface area contributed by atoms with Crippen molar-refractivity contribution in [2.24, 2.45) is 0 Å². The topological polar surface area (TPSA) is 76.2 Å². The number of amides is 1. The third-order valence-electron chi connectivity index (χ3n) is 2.84. The molecule has 17 heavy (non-hydrogen) atoms. The summed E-state index contributed by atoms with van der Waals surface area (Å²) in [5, 5.41) is 9.56. The van der Waals surface area contributed by atoms with Crippen LogP contribution >= 0.6 is 0 Å². The van der Waals surface area contributed by atoms with Gasteiger partial charge in [0.25, 0.3) is 5.91 Å². The van der Waals surface area contributed by atoms with Gasteiger partial charge in [0.2, 0.25) is 0 Å². The molecule has 0 spiro atoms. The molecule has 1 saturated heterocycles. The molecule has 0 aromatic carbocycles. The standard InChI is InChI=1S/C11H17N3O3/c1-7-8(2)13-14-10(7)11(15)12-5-9-6-16-3-4-17-9/h9H,3-6H2,1-2H3,(H,12,15)(H,13,14). The lowest BCUT2D eigenvalue weighted by Crippen LogP contribution is -2.40. The molecule has 1 fully saturated rings. The number of aromatic nitrogens is 2. The Bertz CT molecular complexity index is 397. The van der Waals surface area contributed by atoms with Crippen LogP contribution in [0.15, 0.2) is 0 Å². The summed E-state index contributed by atoms with van der Waals surface area (Å²) in [6.45, 7) is 5.94.